The van der Waals surface area contributed by atoms with E-state index in [2.05, 4.69) is 28.0 Å². The minimum atomic E-state index is 0.645. The molecule has 1 aliphatic carbocycles. The smallest absolute Gasteiger partial charge is 0.125 e. The first-order valence-corrected chi connectivity index (χ1v) is 6.45. The summed E-state index contributed by atoms with van der Waals surface area (Å²) in [5, 5.41) is 0. The fraction of sp³-hybridized carbons (Fsp3) is 0.571. The Bertz CT molecular complexity index is 408. The number of likely N-dealkylation sites (N-methyl/N-ethyl adjacent to an activating group) is 1. The van der Waals surface area contributed by atoms with Crippen LogP contribution in [0.15, 0.2) is 18.5 Å². The molecule has 2 atom stereocenters. The van der Waals surface area contributed by atoms with E-state index < -0.39 is 0 Å². The summed E-state index contributed by atoms with van der Waals surface area (Å²) in [5.74, 6) is 1.55. The van der Waals surface area contributed by atoms with Crippen LogP contribution in [-0.4, -0.2) is 34.5 Å². The molecule has 0 spiro atoms. The van der Waals surface area contributed by atoms with Crippen molar-refractivity contribution in [2.75, 3.05) is 13.6 Å². The van der Waals surface area contributed by atoms with Crippen LogP contribution in [0.3, 0.4) is 0 Å². The standard InChI is InChI=1S/C12H15N3.C2H6/c1-8-13-5-10(6-14-8)12-4-11-3-9(12)7-15(11)2;1-2/h4-6,9,11H,3,7H2,1-2H3;1-2H3. The fourth-order valence-corrected chi connectivity index (χ4v) is 2.67. The van der Waals surface area contributed by atoms with Gasteiger partial charge in [-0.1, -0.05) is 19.9 Å². The Balaban J connectivity index is 0.000000514. The van der Waals surface area contributed by atoms with Gasteiger partial charge in [-0.2, -0.15) is 0 Å². The first-order chi connectivity index (χ1) is 8.24. The van der Waals surface area contributed by atoms with Gasteiger partial charge in [-0.25, -0.2) is 9.97 Å². The van der Waals surface area contributed by atoms with Crippen molar-refractivity contribution in [2.45, 2.75) is 33.2 Å². The maximum absolute atomic E-state index is 4.26. The van der Waals surface area contributed by atoms with Crippen LogP contribution in [0.2, 0.25) is 0 Å². The molecule has 92 valence electrons. The lowest BCUT2D eigenvalue weighted by Crippen LogP contribution is -2.25. The van der Waals surface area contributed by atoms with Gasteiger partial charge < -0.3 is 0 Å². The molecule has 0 saturated carbocycles. The van der Waals surface area contributed by atoms with E-state index in [4.69, 9.17) is 0 Å². The van der Waals surface area contributed by atoms with Gasteiger partial charge >= 0.3 is 0 Å². The molecule has 2 bridgehead atoms. The second-order valence-corrected chi connectivity index (χ2v) is 4.58. The summed E-state index contributed by atoms with van der Waals surface area (Å²) in [5.41, 5.74) is 2.67. The Hall–Kier alpha value is -1.22. The molecule has 3 rings (SSSR count). The quantitative estimate of drug-likeness (QED) is 0.743. The number of aromatic nitrogens is 2. The third-order valence-corrected chi connectivity index (χ3v) is 3.53. The largest absolute Gasteiger partial charge is 0.299 e. The van der Waals surface area contributed by atoms with Gasteiger partial charge in [0.15, 0.2) is 0 Å². The molecule has 0 N–H and O–H groups in total. The van der Waals surface area contributed by atoms with Gasteiger partial charge in [0.05, 0.1) is 0 Å². The third-order valence-electron chi connectivity index (χ3n) is 3.53. The molecule has 1 saturated heterocycles. The molecule has 1 aromatic rings. The summed E-state index contributed by atoms with van der Waals surface area (Å²) >= 11 is 0. The fourth-order valence-electron chi connectivity index (χ4n) is 2.67. The van der Waals surface area contributed by atoms with Crippen LogP contribution in [-0.2, 0) is 0 Å². The average molecular weight is 231 g/mol. The van der Waals surface area contributed by atoms with Crippen molar-refractivity contribution in [3.05, 3.63) is 29.9 Å². The highest BCUT2D eigenvalue weighted by molar-refractivity contribution is 5.70. The zero-order chi connectivity index (χ0) is 12.4. The second-order valence-electron chi connectivity index (χ2n) is 4.58. The Morgan fingerprint density at radius 2 is 1.88 bits per heavy atom. The molecule has 2 heterocycles. The van der Waals surface area contributed by atoms with Gasteiger partial charge in [-0.05, 0) is 31.9 Å². The van der Waals surface area contributed by atoms with Crippen LogP contribution in [0.25, 0.3) is 5.57 Å². The average Bonchev–Trinajstić information content (AvgIpc) is 2.91. The van der Waals surface area contributed by atoms with Crippen molar-refractivity contribution in [1.29, 1.82) is 0 Å². The first kappa shape index (κ1) is 12.2. The van der Waals surface area contributed by atoms with Gasteiger partial charge in [-0.15, -0.1) is 0 Å². The number of rotatable bonds is 1. The van der Waals surface area contributed by atoms with Gasteiger partial charge in [0.25, 0.3) is 0 Å². The van der Waals surface area contributed by atoms with Crippen molar-refractivity contribution < 1.29 is 0 Å². The van der Waals surface area contributed by atoms with Gasteiger partial charge in [0.1, 0.15) is 5.82 Å². The van der Waals surface area contributed by atoms with Crippen molar-refractivity contribution in [3.63, 3.8) is 0 Å². The Morgan fingerprint density at radius 3 is 2.35 bits per heavy atom. The van der Waals surface area contributed by atoms with E-state index >= 15 is 0 Å². The number of nitrogens with zero attached hydrogens (tertiary/aromatic N) is 3. The van der Waals surface area contributed by atoms with Gasteiger partial charge in [0.2, 0.25) is 0 Å². The summed E-state index contributed by atoms with van der Waals surface area (Å²) in [6.07, 6.45) is 7.56. The predicted molar refractivity (Wildman–Crippen MR) is 70.6 cm³/mol. The van der Waals surface area contributed by atoms with Crippen LogP contribution in [0, 0.1) is 12.8 Å². The van der Waals surface area contributed by atoms with Crippen LogP contribution >= 0.6 is 0 Å². The Kier molecular flexibility index (Phi) is 3.57. The lowest BCUT2D eigenvalue weighted by atomic mass is 9.98. The molecule has 2 unspecified atom stereocenters. The highest BCUT2D eigenvalue weighted by atomic mass is 15.2. The lowest BCUT2D eigenvalue weighted by molar-refractivity contribution is 0.347. The molecule has 3 nitrogen and oxygen atoms in total. The van der Waals surface area contributed by atoms with Crippen LogP contribution in [0.5, 0.6) is 0 Å². The summed E-state index contributed by atoms with van der Waals surface area (Å²) < 4.78 is 0. The summed E-state index contributed by atoms with van der Waals surface area (Å²) in [4.78, 5) is 10.9. The zero-order valence-electron chi connectivity index (χ0n) is 11.1. The third kappa shape index (κ3) is 2.25. The van der Waals surface area contributed by atoms with Crippen molar-refractivity contribution in [1.82, 2.24) is 14.9 Å². The van der Waals surface area contributed by atoms with Gasteiger partial charge in [-0.3, -0.25) is 4.90 Å². The number of hydrogen-bond acceptors (Lipinski definition) is 3. The van der Waals surface area contributed by atoms with Crippen LogP contribution < -0.4 is 0 Å². The number of fused-ring (bicyclic) bond motifs is 2. The highest BCUT2D eigenvalue weighted by Crippen LogP contribution is 2.40. The zero-order valence-corrected chi connectivity index (χ0v) is 11.1. The highest BCUT2D eigenvalue weighted by Gasteiger charge is 2.37. The van der Waals surface area contributed by atoms with E-state index in [0.29, 0.717) is 12.0 Å². The number of likely N-dealkylation sites (tertiary alicyclic amines) is 1. The molecule has 1 aromatic heterocycles. The molecule has 1 fully saturated rings. The monoisotopic (exact) mass is 231 g/mol. The Labute approximate surface area is 104 Å². The molecule has 0 amide bonds. The number of aryl methyl sites for hydroxylation is 1. The van der Waals surface area contributed by atoms with E-state index in [1.807, 2.05) is 33.2 Å². The van der Waals surface area contributed by atoms with E-state index in [-0.39, 0.29) is 0 Å². The van der Waals surface area contributed by atoms with E-state index in [1.165, 1.54) is 24.1 Å². The predicted octanol–water partition coefficient (Wildman–Crippen LogP) is 2.53. The Morgan fingerprint density at radius 1 is 1.24 bits per heavy atom. The number of hydrogen-bond donors (Lipinski definition) is 0. The van der Waals surface area contributed by atoms with E-state index in [9.17, 15) is 0 Å². The van der Waals surface area contributed by atoms with Crippen molar-refractivity contribution in [3.8, 4) is 0 Å². The summed E-state index contributed by atoms with van der Waals surface area (Å²) in [6, 6.07) is 0.645. The van der Waals surface area contributed by atoms with Gasteiger partial charge in [0, 0.05) is 30.5 Å². The molecule has 1 aliphatic heterocycles. The first-order valence-electron chi connectivity index (χ1n) is 6.45. The molecular formula is C14H21N3. The van der Waals surface area contributed by atoms with E-state index in [1.54, 1.807) is 0 Å². The van der Waals surface area contributed by atoms with Crippen LogP contribution in [0.1, 0.15) is 31.7 Å². The van der Waals surface area contributed by atoms with Crippen molar-refractivity contribution in [2.24, 2.45) is 5.92 Å². The summed E-state index contributed by atoms with van der Waals surface area (Å²) in [6.45, 7) is 7.11. The maximum Gasteiger partial charge on any atom is 0.125 e. The molecule has 3 heteroatoms. The molecule has 2 aliphatic rings. The second kappa shape index (κ2) is 4.96. The normalized spacial score (nSPS) is 26.5. The maximum atomic E-state index is 4.26. The van der Waals surface area contributed by atoms with E-state index in [0.717, 1.165) is 5.82 Å². The van der Waals surface area contributed by atoms with Crippen molar-refractivity contribution >= 4 is 5.57 Å². The lowest BCUT2D eigenvalue weighted by Gasteiger charge is -2.21. The van der Waals surface area contributed by atoms with Crippen LogP contribution in [0.4, 0.5) is 0 Å². The molecule has 0 aromatic carbocycles. The molecule has 17 heavy (non-hydrogen) atoms. The summed E-state index contributed by atoms with van der Waals surface area (Å²) in [7, 11) is 2.20. The SMILES string of the molecule is CC.Cc1ncc(C2=CC3CC2CN3C)cn1. The molecular weight excluding hydrogens is 210 g/mol. The molecule has 0 radical (unpaired) electrons. The topological polar surface area (TPSA) is 29.0 Å². The minimum Gasteiger partial charge on any atom is -0.299 e. The minimum absolute atomic E-state index is 0.645.